The van der Waals surface area contributed by atoms with Crippen molar-refractivity contribution in [1.29, 1.82) is 0 Å². The Morgan fingerprint density at radius 2 is 1.95 bits per heavy atom. The molecule has 0 radical (unpaired) electrons. The highest BCUT2D eigenvalue weighted by Crippen LogP contribution is 2.15. The molecule has 2 rings (SSSR count). The normalized spacial score (nSPS) is 10.6. The third-order valence-corrected chi connectivity index (χ3v) is 3.56. The molecule has 5 nitrogen and oxygen atoms in total. The number of carbonyl (C=O) groups is 1. The molecule has 1 aromatic heterocycles. The summed E-state index contributed by atoms with van der Waals surface area (Å²) in [6.45, 7) is 7.39. The second-order valence-corrected chi connectivity index (χ2v) is 4.90. The van der Waals surface area contributed by atoms with Crippen molar-refractivity contribution < 1.29 is 14.6 Å². The van der Waals surface area contributed by atoms with Gasteiger partial charge in [0, 0.05) is 5.69 Å². The monoisotopic (exact) mass is 288 g/mol. The highest BCUT2D eigenvalue weighted by atomic mass is 16.5. The molecule has 0 saturated carbocycles. The molecule has 0 spiro atoms. The van der Waals surface area contributed by atoms with Gasteiger partial charge in [0.25, 0.3) is 0 Å². The second-order valence-electron chi connectivity index (χ2n) is 4.90. The van der Waals surface area contributed by atoms with Crippen LogP contribution in [0.15, 0.2) is 24.3 Å². The maximum atomic E-state index is 10.8. The molecular formula is C16H20N2O3. The highest BCUT2D eigenvalue weighted by Gasteiger charge is 2.09. The van der Waals surface area contributed by atoms with Crippen LogP contribution in [0.1, 0.15) is 34.2 Å². The van der Waals surface area contributed by atoms with E-state index in [1.807, 2.05) is 11.6 Å². The van der Waals surface area contributed by atoms with Crippen LogP contribution in [0.2, 0.25) is 0 Å². The van der Waals surface area contributed by atoms with Crippen LogP contribution in [0.25, 0.3) is 0 Å². The smallest absolute Gasteiger partial charge is 0.335 e. The standard InChI is InChI=1S/C16H20N2O3/c1-4-15-11(2)17-18(12(15)3)9-10-21-14-7-5-13(6-8-14)16(19)20/h5-8H,4,9-10H2,1-3H3,(H,19,20). The first-order chi connectivity index (χ1) is 10.0. The van der Waals surface area contributed by atoms with Gasteiger partial charge in [-0.25, -0.2) is 4.79 Å². The SMILES string of the molecule is CCc1c(C)nn(CCOc2ccc(C(=O)O)cc2)c1C. The van der Waals surface area contributed by atoms with E-state index in [1.165, 1.54) is 23.4 Å². The van der Waals surface area contributed by atoms with Gasteiger partial charge in [-0.1, -0.05) is 6.92 Å². The summed E-state index contributed by atoms with van der Waals surface area (Å²) in [7, 11) is 0. The van der Waals surface area contributed by atoms with Gasteiger partial charge in [0.15, 0.2) is 0 Å². The molecule has 21 heavy (non-hydrogen) atoms. The Hall–Kier alpha value is -2.30. The third-order valence-electron chi connectivity index (χ3n) is 3.56. The van der Waals surface area contributed by atoms with E-state index in [0.29, 0.717) is 18.9 Å². The van der Waals surface area contributed by atoms with Gasteiger partial charge in [-0.2, -0.15) is 5.10 Å². The number of hydrogen-bond acceptors (Lipinski definition) is 3. The van der Waals surface area contributed by atoms with E-state index >= 15 is 0 Å². The molecule has 5 heteroatoms. The average molecular weight is 288 g/mol. The minimum absolute atomic E-state index is 0.258. The molecule has 0 aliphatic rings. The molecule has 112 valence electrons. The summed E-state index contributed by atoms with van der Waals surface area (Å²) in [6.07, 6.45) is 0.981. The van der Waals surface area contributed by atoms with E-state index < -0.39 is 5.97 Å². The van der Waals surface area contributed by atoms with Gasteiger partial charge in [-0.3, -0.25) is 4.68 Å². The van der Waals surface area contributed by atoms with E-state index in [4.69, 9.17) is 9.84 Å². The molecule has 0 bridgehead atoms. The van der Waals surface area contributed by atoms with Crippen molar-refractivity contribution in [3.05, 3.63) is 46.8 Å². The van der Waals surface area contributed by atoms with E-state index in [2.05, 4.69) is 18.9 Å². The third kappa shape index (κ3) is 3.42. The number of carboxylic acids is 1. The first-order valence-electron chi connectivity index (χ1n) is 7.02. The summed E-state index contributed by atoms with van der Waals surface area (Å²) in [5.74, 6) is -0.270. The van der Waals surface area contributed by atoms with Crippen molar-refractivity contribution in [2.24, 2.45) is 0 Å². The number of rotatable bonds is 6. The summed E-state index contributed by atoms with van der Waals surface area (Å²) in [5, 5.41) is 13.3. The van der Waals surface area contributed by atoms with Crippen LogP contribution in [0.5, 0.6) is 5.75 Å². The van der Waals surface area contributed by atoms with E-state index in [9.17, 15) is 4.79 Å². The Kier molecular flexibility index (Phi) is 4.62. The molecule has 0 fully saturated rings. The molecule has 0 aliphatic carbocycles. The fourth-order valence-electron chi connectivity index (χ4n) is 2.41. The van der Waals surface area contributed by atoms with Crippen LogP contribution in [-0.2, 0) is 13.0 Å². The predicted molar refractivity (Wildman–Crippen MR) is 80.0 cm³/mol. The first kappa shape index (κ1) is 15.1. The second kappa shape index (κ2) is 6.43. The Bertz CT molecular complexity index is 630. The Labute approximate surface area is 124 Å². The van der Waals surface area contributed by atoms with Gasteiger partial charge in [0.05, 0.1) is 17.8 Å². The molecule has 0 amide bonds. The number of aromatic nitrogens is 2. The predicted octanol–water partition coefficient (Wildman–Crippen LogP) is 2.84. The maximum absolute atomic E-state index is 10.8. The Morgan fingerprint density at radius 3 is 2.48 bits per heavy atom. The summed E-state index contributed by atoms with van der Waals surface area (Å²) < 4.78 is 7.59. The van der Waals surface area contributed by atoms with Crippen molar-refractivity contribution in [3.8, 4) is 5.75 Å². The highest BCUT2D eigenvalue weighted by molar-refractivity contribution is 5.87. The van der Waals surface area contributed by atoms with Gasteiger partial charge < -0.3 is 9.84 Å². The molecule has 1 N–H and O–H groups in total. The molecule has 0 atom stereocenters. The lowest BCUT2D eigenvalue weighted by atomic mass is 10.1. The lowest BCUT2D eigenvalue weighted by Gasteiger charge is -2.08. The Balaban J connectivity index is 1.94. The van der Waals surface area contributed by atoms with Gasteiger partial charge in [-0.15, -0.1) is 0 Å². The number of aryl methyl sites for hydroxylation is 1. The van der Waals surface area contributed by atoms with Crippen LogP contribution < -0.4 is 4.74 Å². The topological polar surface area (TPSA) is 64.4 Å². The van der Waals surface area contributed by atoms with Crippen molar-refractivity contribution in [3.63, 3.8) is 0 Å². The quantitative estimate of drug-likeness (QED) is 0.887. The number of benzene rings is 1. The number of hydrogen-bond donors (Lipinski definition) is 1. The molecule has 1 aromatic carbocycles. The lowest BCUT2D eigenvalue weighted by Crippen LogP contribution is -2.11. The van der Waals surface area contributed by atoms with Gasteiger partial charge in [-0.05, 0) is 50.1 Å². The fourth-order valence-corrected chi connectivity index (χ4v) is 2.41. The maximum Gasteiger partial charge on any atom is 0.335 e. The first-order valence-corrected chi connectivity index (χ1v) is 7.02. The number of aromatic carboxylic acids is 1. The molecule has 2 aromatic rings. The number of nitrogens with zero attached hydrogens (tertiary/aromatic N) is 2. The Morgan fingerprint density at radius 1 is 1.29 bits per heavy atom. The van der Waals surface area contributed by atoms with E-state index in [-0.39, 0.29) is 5.56 Å². The fraction of sp³-hybridized carbons (Fsp3) is 0.375. The van der Waals surface area contributed by atoms with Crippen LogP contribution in [0, 0.1) is 13.8 Å². The van der Waals surface area contributed by atoms with Crippen molar-refractivity contribution >= 4 is 5.97 Å². The van der Waals surface area contributed by atoms with Crippen molar-refractivity contribution in [2.45, 2.75) is 33.7 Å². The van der Waals surface area contributed by atoms with Crippen LogP contribution in [0.4, 0.5) is 0 Å². The van der Waals surface area contributed by atoms with E-state index in [1.54, 1.807) is 12.1 Å². The number of carboxylic acid groups (broad SMARTS) is 1. The van der Waals surface area contributed by atoms with Gasteiger partial charge in [0.1, 0.15) is 12.4 Å². The zero-order valence-electron chi connectivity index (χ0n) is 12.6. The van der Waals surface area contributed by atoms with E-state index in [0.717, 1.165) is 12.1 Å². The largest absolute Gasteiger partial charge is 0.492 e. The molecule has 1 heterocycles. The average Bonchev–Trinajstić information content (AvgIpc) is 2.73. The zero-order valence-corrected chi connectivity index (χ0v) is 12.6. The van der Waals surface area contributed by atoms with Crippen molar-refractivity contribution in [1.82, 2.24) is 9.78 Å². The molecular weight excluding hydrogens is 268 g/mol. The van der Waals surface area contributed by atoms with Gasteiger partial charge >= 0.3 is 5.97 Å². The number of ether oxygens (including phenoxy) is 1. The van der Waals surface area contributed by atoms with Crippen molar-refractivity contribution in [2.75, 3.05) is 6.61 Å². The molecule has 0 aliphatic heterocycles. The summed E-state index contributed by atoms with van der Waals surface area (Å²) >= 11 is 0. The zero-order chi connectivity index (χ0) is 15.4. The molecule has 0 saturated heterocycles. The molecule has 0 unspecified atom stereocenters. The van der Waals surface area contributed by atoms with Crippen LogP contribution >= 0.6 is 0 Å². The summed E-state index contributed by atoms with van der Waals surface area (Å²) in [6, 6.07) is 6.41. The van der Waals surface area contributed by atoms with Gasteiger partial charge in [0.2, 0.25) is 0 Å². The lowest BCUT2D eigenvalue weighted by molar-refractivity contribution is 0.0697. The van der Waals surface area contributed by atoms with Crippen LogP contribution in [0.3, 0.4) is 0 Å². The minimum Gasteiger partial charge on any atom is -0.492 e. The van der Waals surface area contributed by atoms with Crippen LogP contribution in [-0.4, -0.2) is 27.5 Å². The minimum atomic E-state index is -0.934. The summed E-state index contributed by atoms with van der Waals surface area (Å²) in [4.78, 5) is 10.8. The summed E-state index contributed by atoms with van der Waals surface area (Å²) in [5.41, 5.74) is 3.80.